The number of carbonyl (C=O) groups excluding carboxylic acids is 1. The van der Waals surface area contributed by atoms with E-state index in [0.717, 1.165) is 16.7 Å². The molecule has 5 heteroatoms. The first-order valence-electron chi connectivity index (χ1n) is 7.21. The van der Waals surface area contributed by atoms with Gasteiger partial charge in [-0.2, -0.15) is 0 Å². The maximum absolute atomic E-state index is 13.0. The van der Waals surface area contributed by atoms with Gasteiger partial charge >= 0.3 is 6.03 Å². The van der Waals surface area contributed by atoms with Crippen molar-refractivity contribution in [1.29, 1.82) is 0 Å². The molecule has 116 valence electrons. The highest BCUT2D eigenvalue weighted by molar-refractivity contribution is 5.73. The van der Waals surface area contributed by atoms with Crippen molar-refractivity contribution in [2.75, 3.05) is 6.54 Å². The second kappa shape index (κ2) is 8.14. The lowest BCUT2D eigenvalue weighted by molar-refractivity contribution is 0.240. The average molecular weight is 301 g/mol. The molecule has 0 unspecified atom stereocenters. The predicted octanol–water partition coefficient (Wildman–Crippen LogP) is 2.33. The van der Waals surface area contributed by atoms with Gasteiger partial charge in [-0.05, 0) is 35.2 Å². The Morgan fingerprint density at radius 1 is 1.00 bits per heavy atom. The summed E-state index contributed by atoms with van der Waals surface area (Å²) in [5, 5.41) is 5.54. The third kappa shape index (κ3) is 5.18. The Kier molecular flexibility index (Phi) is 5.91. The lowest BCUT2D eigenvalue weighted by Crippen LogP contribution is -2.36. The molecule has 0 aliphatic rings. The summed E-state index contributed by atoms with van der Waals surface area (Å²) in [6.07, 6.45) is 0.591. The van der Waals surface area contributed by atoms with Crippen LogP contribution in [0.2, 0.25) is 0 Å². The number of halogens is 1. The zero-order valence-corrected chi connectivity index (χ0v) is 12.3. The van der Waals surface area contributed by atoms with Crippen molar-refractivity contribution in [3.8, 4) is 0 Å². The highest BCUT2D eigenvalue weighted by Crippen LogP contribution is 2.05. The number of benzene rings is 2. The number of amides is 2. The Hall–Kier alpha value is -2.40. The SMILES string of the molecule is NCc1cccc(CNC(=O)NCCc2cccc(F)c2)c1. The van der Waals surface area contributed by atoms with E-state index in [-0.39, 0.29) is 11.8 Å². The van der Waals surface area contributed by atoms with Crippen LogP contribution in [0.4, 0.5) is 9.18 Å². The summed E-state index contributed by atoms with van der Waals surface area (Å²) in [6.45, 7) is 1.38. The van der Waals surface area contributed by atoms with Crippen LogP contribution < -0.4 is 16.4 Å². The molecule has 0 fully saturated rings. The molecule has 22 heavy (non-hydrogen) atoms. The largest absolute Gasteiger partial charge is 0.338 e. The summed E-state index contributed by atoms with van der Waals surface area (Å²) in [7, 11) is 0. The number of hydrogen-bond acceptors (Lipinski definition) is 2. The monoisotopic (exact) mass is 301 g/mol. The normalized spacial score (nSPS) is 10.3. The molecule has 2 aromatic carbocycles. The zero-order chi connectivity index (χ0) is 15.8. The molecule has 2 aromatic rings. The molecular formula is C17H20FN3O. The van der Waals surface area contributed by atoms with E-state index in [1.165, 1.54) is 12.1 Å². The highest BCUT2D eigenvalue weighted by atomic mass is 19.1. The van der Waals surface area contributed by atoms with E-state index in [9.17, 15) is 9.18 Å². The first-order chi connectivity index (χ1) is 10.7. The Balaban J connectivity index is 1.71. The number of nitrogens with one attached hydrogen (secondary N) is 2. The Morgan fingerprint density at radius 2 is 1.73 bits per heavy atom. The molecule has 4 nitrogen and oxygen atoms in total. The van der Waals surface area contributed by atoms with E-state index in [1.54, 1.807) is 6.07 Å². The minimum absolute atomic E-state index is 0.241. The summed E-state index contributed by atoms with van der Waals surface area (Å²) in [4.78, 5) is 11.7. The van der Waals surface area contributed by atoms with E-state index in [4.69, 9.17) is 5.73 Å². The van der Waals surface area contributed by atoms with Gasteiger partial charge in [0.25, 0.3) is 0 Å². The maximum Gasteiger partial charge on any atom is 0.315 e. The van der Waals surface area contributed by atoms with Crippen LogP contribution in [0.15, 0.2) is 48.5 Å². The van der Waals surface area contributed by atoms with Gasteiger partial charge in [-0.15, -0.1) is 0 Å². The van der Waals surface area contributed by atoms with Crippen LogP contribution in [0.1, 0.15) is 16.7 Å². The van der Waals surface area contributed by atoms with Crippen molar-refractivity contribution >= 4 is 6.03 Å². The number of rotatable bonds is 6. The molecule has 0 aliphatic carbocycles. The third-order valence-corrected chi connectivity index (χ3v) is 3.27. The number of hydrogen-bond donors (Lipinski definition) is 3. The highest BCUT2D eigenvalue weighted by Gasteiger charge is 2.01. The number of urea groups is 1. The molecular weight excluding hydrogens is 281 g/mol. The van der Waals surface area contributed by atoms with Gasteiger partial charge in [0.1, 0.15) is 5.82 Å². The van der Waals surface area contributed by atoms with Gasteiger partial charge in [-0.25, -0.2) is 9.18 Å². The molecule has 0 atom stereocenters. The first-order valence-corrected chi connectivity index (χ1v) is 7.21. The van der Waals surface area contributed by atoms with Gasteiger partial charge in [0.15, 0.2) is 0 Å². The van der Waals surface area contributed by atoms with E-state index in [1.807, 2.05) is 30.3 Å². The topological polar surface area (TPSA) is 67.1 Å². The lowest BCUT2D eigenvalue weighted by atomic mass is 10.1. The number of carbonyl (C=O) groups is 1. The standard InChI is InChI=1S/C17H20FN3O/c18-16-6-2-3-13(10-16)7-8-20-17(22)21-12-15-5-1-4-14(9-15)11-19/h1-6,9-10H,7-8,11-12,19H2,(H2,20,21,22). The summed E-state index contributed by atoms with van der Waals surface area (Å²) < 4.78 is 13.0. The van der Waals surface area contributed by atoms with E-state index >= 15 is 0 Å². The van der Waals surface area contributed by atoms with Crippen molar-refractivity contribution in [1.82, 2.24) is 10.6 Å². The van der Waals surface area contributed by atoms with Crippen LogP contribution in [0.5, 0.6) is 0 Å². The lowest BCUT2D eigenvalue weighted by Gasteiger charge is -2.08. The Morgan fingerprint density at radius 3 is 2.50 bits per heavy atom. The van der Waals surface area contributed by atoms with E-state index in [2.05, 4.69) is 10.6 Å². The van der Waals surface area contributed by atoms with E-state index in [0.29, 0.717) is 26.1 Å². The molecule has 0 radical (unpaired) electrons. The second-order valence-electron chi connectivity index (χ2n) is 5.01. The summed E-state index contributed by atoms with van der Waals surface area (Å²) >= 11 is 0. The smallest absolute Gasteiger partial charge is 0.315 e. The van der Waals surface area contributed by atoms with Gasteiger partial charge in [0.2, 0.25) is 0 Å². The van der Waals surface area contributed by atoms with Crippen LogP contribution in [0.3, 0.4) is 0 Å². The summed E-state index contributed by atoms with van der Waals surface area (Å²) in [5.74, 6) is -0.262. The van der Waals surface area contributed by atoms with Crippen LogP contribution >= 0.6 is 0 Å². The fourth-order valence-electron chi connectivity index (χ4n) is 2.12. The first kappa shape index (κ1) is 16.0. The van der Waals surface area contributed by atoms with Crippen LogP contribution in [0.25, 0.3) is 0 Å². The molecule has 0 saturated carbocycles. The molecule has 0 spiro atoms. The Bertz CT molecular complexity index is 631. The quantitative estimate of drug-likeness (QED) is 0.766. The number of nitrogens with two attached hydrogens (primary N) is 1. The minimum atomic E-state index is -0.262. The van der Waals surface area contributed by atoms with Crippen molar-refractivity contribution in [3.63, 3.8) is 0 Å². The van der Waals surface area contributed by atoms with Crippen molar-refractivity contribution in [2.45, 2.75) is 19.5 Å². The molecule has 0 saturated heterocycles. The molecule has 0 aliphatic heterocycles. The zero-order valence-electron chi connectivity index (χ0n) is 12.3. The Labute approximate surface area is 129 Å². The van der Waals surface area contributed by atoms with Gasteiger partial charge in [-0.3, -0.25) is 0 Å². The fraction of sp³-hybridized carbons (Fsp3) is 0.235. The van der Waals surface area contributed by atoms with Gasteiger partial charge < -0.3 is 16.4 Å². The maximum atomic E-state index is 13.0. The second-order valence-corrected chi connectivity index (χ2v) is 5.01. The molecule has 0 aromatic heterocycles. The van der Waals surface area contributed by atoms with Gasteiger partial charge in [0, 0.05) is 19.6 Å². The minimum Gasteiger partial charge on any atom is -0.338 e. The molecule has 4 N–H and O–H groups in total. The summed E-state index contributed by atoms with van der Waals surface area (Å²) in [5.41, 5.74) is 8.47. The van der Waals surface area contributed by atoms with Crippen LogP contribution in [-0.4, -0.2) is 12.6 Å². The van der Waals surface area contributed by atoms with Crippen LogP contribution in [0, 0.1) is 5.82 Å². The third-order valence-electron chi connectivity index (χ3n) is 3.27. The fourth-order valence-corrected chi connectivity index (χ4v) is 2.12. The van der Waals surface area contributed by atoms with E-state index < -0.39 is 0 Å². The van der Waals surface area contributed by atoms with Crippen LogP contribution in [-0.2, 0) is 19.5 Å². The van der Waals surface area contributed by atoms with Crippen molar-refractivity contribution in [3.05, 3.63) is 71.0 Å². The van der Waals surface area contributed by atoms with Crippen molar-refractivity contribution < 1.29 is 9.18 Å². The molecule has 2 rings (SSSR count). The molecule has 0 bridgehead atoms. The van der Waals surface area contributed by atoms with Gasteiger partial charge in [0.05, 0.1) is 0 Å². The molecule has 2 amide bonds. The average Bonchev–Trinajstić information content (AvgIpc) is 2.53. The summed E-state index contributed by atoms with van der Waals surface area (Å²) in [6, 6.07) is 13.9. The predicted molar refractivity (Wildman–Crippen MR) is 84.7 cm³/mol. The van der Waals surface area contributed by atoms with Gasteiger partial charge in [-0.1, -0.05) is 36.4 Å². The molecule has 0 heterocycles. The van der Waals surface area contributed by atoms with Crippen molar-refractivity contribution in [2.24, 2.45) is 5.73 Å².